The van der Waals surface area contributed by atoms with Crippen molar-refractivity contribution in [3.8, 4) is 11.1 Å². The number of carbonyl (C=O) groups is 1. The van der Waals surface area contributed by atoms with Crippen LogP contribution in [-0.4, -0.2) is 25.7 Å². The molecule has 0 saturated heterocycles. The monoisotopic (exact) mass is 466 g/mol. The first kappa shape index (κ1) is 23.0. The third-order valence-corrected chi connectivity index (χ3v) is 5.09. The molecule has 7 nitrogen and oxygen atoms in total. The lowest BCUT2D eigenvalue weighted by atomic mass is 9.95. The Hall–Kier alpha value is -4.21. The standard InChI is InChI=1S/C24H21F3N6O/c1-15(34)31-22(18-4-3-5-20(10-18)24(25,26)27)17-8-6-16(7-9-17)19-11-28-23(29-12-19)32-21-13-30-33(2)14-21/h3-14,22H,1-2H3,(H,31,34)(H,28,29,32). The molecule has 174 valence electrons. The average Bonchev–Trinajstić information content (AvgIpc) is 3.22. The van der Waals surface area contributed by atoms with Gasteiger partial charge in [-0.05, 0) is 28.8 Å². The molecule has 0 aliphatic carbocycles. The Kier molecular flexibility index (Phi) is 6.31. The predicted octanol–water partition coefficient (Wildman–Crippen LogP) is 4.87. The van der Waals surface area contributed by atoms with Crippen LogP contribution in [0.4, 0.5) is 24.8 Å². The molecule has 0 bridgehead atoms. The van der Waals surface area contributed by atoms with Crippen molar-refractivity contribution < 1.29 is 18.0 Å². The zero-order valence-corrected chi connectivity index (χ0v) is 18.3. The van der Waals surface area contributed by atoms with Crippen molar-refractivity contribution in [1.29, 1.82) is 0 Å². The third-order valence-electron chi connectivity index (χ3n) is 5.09. The highest BCUT2D eigenvalue weighted by Crippen LogP contribution is 2.32. The van der Waals surface area contributed by atoms with E-state index in [4.69, 9.17) is 0 Å². The fourth-order valence-corrected chi connectivity index (χ4v) is 3.48. The molecule has 2 aromatic heterocycles. The lowest BCUT2D eigenvalue weighted by molar-refractivity contribution is -0.137. The highest BCUT2D eigenvalue weighted by molar-refractivity contribution is 5.74. The minimum absolute atomic E-state index is 0.340. The molecule has 0 spiro atoms. The second kappa shape index (κ2) is 9.34. The van der Waals surface area contributed by atoms with E-state index in [0.29, 0.717) is 17.1 Å². The van der Waals surface area contributed by atoms with E-state index in [1.165, 1.54) is 13.0 Å². The van der Waals surface area contributed by atoms with Gasteiger partial charge in [0.2, 0.25) is 11.9 Å². The Morgan fingerprint density at radius 1 is 0.971 bits per heavy atom. The number of nitrogens with zero attached hydrogens (tertiary/aromatic N) is 4. The van der Waals surface area contributed by atoms with E-state index >= 15 is 0 Å². The molecule has 4 aromatic rings. The number of anilines is 2. The summed E-state index contributed by atoms with van der Waals surface area (Å²) in [6, 6.07) is 11.4. The van der Waals surface area contributed by atoms with E-state index in [-0.39, 0.29) is 5.91 Å². The zero-order valence-electron chi connectivity index (χ0n) is 18.3. The van der Waals surface area contributed by atoms with Gasteiger partial charge in [0.15, 0.2) is 0 Å². The molecule has 10 heteroatoms. The molecule has 34 heavy (non-hydrogen) atoms. The van der Waals surface area contributed by atoms with Crippen LogP contribution < -0.4 is 10.6 Å². The molecule has 0 aliphatic heterocycles. The molecule has 2 N–H and O–H groups in total. The van der Waals surface area contributed by atoms with Crippen LogP contribution >= 0.6 is 0 Å². The van der Waals surface area contributed by atoms with Crippen molar-refractivity contribution >= 4 is 17.5 Å². The van der Waals surface area contributed by atoms with Gasteiger partial charge in [-0.2, -0.15) is 18.3 Å². The summed E-state index contributed by atoms with van der Waals surface area (Å²) in [4.78, 5) is 20.4. The van der Waals surface area contributed by atoms with E-state index in [1.807, 2.05) is 19.2 Å². The fraction of sp³-hybridized carbons (Fsp3) is 0.167. The molecule has 0 saturated carbocycles. The first-order chi connectivity index (χ1) is 16.2. The smallest absolute Gasteiger partial charge is 0.345 e. The molecule has 0 aliphatic rings. The van der Waals surface area contributed by atoms with Gasteiger partial charge in [-0.1, -0.05) is 36.4 Å². The first-order valence-corrected chi connectivity index (χ1v) is 10.3. The Morgan fingerprint density at radius 3 is 2.26 bits per heavy atom. The average molecular weight is 466 g/mol. The molecule has 0 fully saturated rings. The predicted molar refractivity (Wildman–Crippen MR) is 121 cm³/mol. The van der Waals surface area contributed by atoms with Crippen LogP contribution in [0.5, 0.6) is 0 Å². The van der Waals surface area contributed by atoms with E-state index in [1.54, 1.807) is 47.7 Å². The van der Waals surface area contributed by atoms with Gasteiger partial charge in [0.25, 0.3) is 0 Å². The molecule has 2 heterocycles. The normalized spacial score (nSPS) is 12.3. The highest BCUT2D eigenvalue weighted by Gasteiger charge is 2.31. The van der Waals surface area contributed by atoms with Crippen molar-refractivity contribution in [1.82, 2.24) is 25.1 Å². The number of aryl methyl sites for hydroxylation is 1. The fourth-order valence-electron chi connectivity index (χ4n) is 3.48. The maximum absolute atomic E-state index is 13.2. The van der Waals surface area contributed by atoms with Gasteiger partial charge in [-0.3, -0.25) is 9.48 Å². The Morgan fingerprint density at radius 2 is 1.68 bits per heavy atom. The van der Waals surface area contributed by atoms with Crippen LogP contribution in [0.3, 0.4) is 0 Å². The number of alkyl halides is 3. The number of amides is 1. The molecule has 1 atom stereocenters. The van der Waals surface area contributed by atoms with Gasteiger partial charge < -0.3 is 10.6 Å². The summed E-state index contributed by atoms with van der Waals surface area (Å²) in [6.45, 7) is 1.33. The maximum Gasteiger partial charge on any atom is 0.416 e. The second-order valence-electron chi connectivity index (χ2n) is 7.70. The second-order valence-corrected chi connectivity index (χ2v) is 7.70. The molecule has 1 amide bonds. The summed E-state index contributed by atoms with van der Waals surface area (Å²) in [5.41, 5.74) is 2.56. The SMILES string of the molecule is CC(=O)NC(c1ccc(-c2cnc(Nc3cnn(C)c3)nc2)cc1)c1cccc(C(F)(F)F)c1. The number of rotatable bonds is 6. The lowest BCUT2D eigenvalue weighted by Gasteiger charge is -2.20. The number of halogens is 3. The molecule has 4 rings (SSSR count). The molecule has 0 radical (unpaired) electrons. The van der Waals surface area contributed by atoms with Crippen LogP contribution in [0.1, 0.15) is 29.7 Å². The largest absolute Gasteiger partial charge is 0.416 e. The summed E-state index contributed by atoms with van der Waals surface area (Å²) >= 11 is 0. The van der Waals surface area contributed by atoms with Crippen molar-refractivity contribution in [3.63, 3.8) is 0 Å². The van der Waals surface area contributed by atoms with Crippen molar-refractivity contribution in [2.45, 2.75) is 19.1 Å². The molecule has 2 aromatic carbocycles. The van der Waals surface area contributed by atoms with Crippen molar-refractivity contribution in [2.75, 3.05) is 5.32 Å². The first-order valence-electron chi connectivity index (χ1n) is 10.3. The summed E-state index contributed by atoms with van der Waals surface area (Å²) in [5.74, 6) is 0.0697. The topological polar surface area (TPSA) is 84.7 Å². The summed E-state index contributed by atoms with van der Waals surface area (Å²) in [7, 11) is 1.81. The van der Waals surface area contributed by atoms with Gasteiger partial charge in [0.1, 0.15) is 0 Å². The summed E-state index contributed by atoms with van der Waals surface area (Å²) in [5, 5.41) is 9.86. The Labute approximate surface area is 193 Å². The Bertz CT molecular complexity index is 1280. The summed E-state index contributed by atoms with van der Waals surface area (Å²) in [6.07, 6.45) is 2.31. The van der Waals surface area contributed by atoms with E-state index in [9.17, 15) is 18.0 Å². The van der Waals surface area contributed by atoms with E-state index in [0.717, 1.165) is 28.9 Å². The lowest BCUT2D eigenvalue weighted by Crippen LogP contribution is -2.27. The van der Waals surface area contributed by atoms with Crippen LogP contribution in [-0.2, 0) is 18.0 Å². The van der Waals surface area contributed by atoms with E-state index < -0.39 is 17.8 Å². The number of aromatic nitrogens is 4. The number of benzene rings is 2. The highest BCUT2D eigenvalue weighted by atomic mass is 19.4. The number of hydrogen-bond donors (Lipinski definition) is 2. The maximum atomic E-state index is 13.2. The van der Waals surface area contributed by atoms with Crippen molar-refractivity contribution in [3.05, 3.63) is 90.0 Å². The minimum atomic E-state index is -4.47. The van der Waals surface area contributed by atoms with Crippen LogP contribution in [0.15, 0.2) is 73.3 Å². The number of nitrogens with one attached hydrogen (secondary N) is 2. The number of hydrogen-bond acceptors (Lipinski definition) is 5. The zero-order chi connectivity index (χ0) is 24.3. The van der Waals surface area contributed by atoms with Gasteiger partial charge in [0.05, 0.1) is 23.5 Å². The van der Waals surface area contributed by atoms with Gasteiger partial charge in [0, 0.05) is 38.1 Å². The van der Waals surface area contributed by atoms with Crippen LogP contribution in [0.25, 0.3) is 11.1 Å². The van der Waals surface area contributed by atoms with Gasteiger partial charge in [-0.25, -0.2) is 9.97 Å². The molecular formula is C24H21F3N6O. The molecule has 1 unspecified atom stereocenters. The number of carbonyl (C=O) groups excluding carboxylic acids is 1. The minimum Gasteiger partial charge on any atom is -0.345 e. The quantitative estimate of drug-likeness (QED) is 0.424. The Balaban J connectivity index is 1.56. The van der Waals surface area contributed by atoms with Crippen LogP contribution in [0, 0.1) is 0 Å². The van der Waals surface area contributed by atoms with Crippen molar-refractivity contribution in [2.24, 2.45) is 7.05 Å². The van der Waals surface area contributed by atoms with Gasteiger partial charge in [-0.15, -0.1) is 0 Å². The summed E-state index contributed by atoms with van der Waals surface area (Å²) < 4.78 is 41.2. The van der Waals surface area contributed by atoms with Gasteiger partial charge >= 0.3 is 6.18 Å². The molecular weight excluding hydrogens is 445 g/mol. The van der Waals surface area contributed by atoms with Crippen LogP contribution in [0.2, 0.25) is 0 Å². The third kappa shape index (κ3) is 5.40. The van der Waals surface area contributed by atoms with E-state index in [2.05, 4.69) is 25.7 Å².